The predicted octanol–water partition coefficient (Wildman–Crippen LogP) is 2.22. The van der Waals surface area contributed by atoms with Crippen molar-refractivity contribution < 1.29 is 27.4 Å². The standard InChI is InChI=1S/C10H10F3IN2O3/c1-2-18-9(17)5-3-7(19-10(11,12)13)8(14)6(4-15)16-5/h3H,2,4,15H2,1H3. The highest BCUT2D eigenvalue weighted by atomic mass is 127. The Morgan fingerprint density at radius 3 is 2.63 bits per heavy atom. The number of aromatic nitrogens is 1. The molecule has 0 aromatic carbocycles. The summed E-state index contributed by atoms with van der Waals surface area (Å²) in [6, 6.07) is 0.881. The number of alkyl halides is 3. The summed E-state index contributed by atoms with van der Waals surface area (Å²) < 4.78 is 45.3. The third-order valence-electron chi connectivity index (χ3n) is 1.90. The quantitative estimate of drug-likeness (QED) is 0.631. The molecule has 0 unspecified atom stereocenters. The Kier molecular flexibility index (Phi) is 5.35. The first-order valence-corrected chi connectivity index (χ1v) is 6.18. The summed E-state index contributed by atoms with van der Waals surface area (Å²) in [5.74, 6) is -1.35. The van der Waals surface area contributed by atoms with Gasteiger partial charge in [-0.25, -0.2) is 9.78 Å². The monoisotopic (exact) mass is 390 g/mol. The fourth-order valence-electron chi connectivity index (χ4n) is 1.20. The van der Waals surface area contributed by atoms with Crippen LogP contribution in [0.1, 0.15) is 23.1 Å². The molecule has 0 spiro atoms. The Hall–Kier alpha value is -1.10. The molecular weight excluding hydrogens is 380 g/mol. The average Bonchev–Trinajstić information content (AvgIpc) is 2.30. The van der Waals surface area contributed by atoms with Crippen molar-refractivity contribution >= 4 is 28.6 Å². The van der Waals surface area contributed by atoms with Crippen molar-refractivity contribution in [1.82, 2.24) is 4.98 Å². The van der Waals surface area contributed by atoms with Crippen molar-refractivity contribution in [1.29, 1.82) is 0 Å². The number of carbonyl (C=O) groups is 1. The zero-order valence-electron chi connectivity index (χ0n) is 9.75. The van der Waals surface area contributed by atoms with Gasteiger partial charge in [0.1, 0.15) is 5.75 Å². The van der Waals surface area contributed by atoms with Crippen LogP contribution in [0.15, 0.2) is 6.07 Å². The molecule has 0 saturated carbocycles. The number of hydrogen-bond donors (Lipinski definition) is 1. The second-order valence-corrected chi connectivity index (χ2v) is 4.32. The highest BCUT2D eigenvalue weighted by Gasteiger charge is 2.33. The van der Waals surface area contributed by atoms with Crippen LogP contribution in [0.4, 0.5) is 13.2 Å². The summed E-state index contributed by atoms with van der Waals surface area (Å²) in [7, 11) is 0. The zero-order valence-corrected chi connectivity index (χ0v) is 11.9. The van der Waals surface area contributed by atoms with Gasteiger partial charge in [-0.1, -0.05) is 0 Å². The maximum Gasteiger partial charge on any atom is 0.573 e. The van der Waals surface area contributed by atoms with Crippen molar-refractivity contribution in [2.24, 2.45) is 5.73 Å². The largest absolute Gasteiger partial charge is 0.573 e. The number of esters is 1. The number of rotatable bonds is 4. The molecule has 1 rings (SSSR count). The Bertz CT molecular complexity index is 480. The van der Waals surface area contributed by atoms with Gasteiger partial charge >= 0.3 is 12.3 Å². The van der Waals surface area contributed by atoms with Crippen LogP contribution < -0.4 is 10.5 Å². The van der Waals surface area contributed by atoms with E-state index in [2.05, 4.69) is 14.5 Å². The highest BCUT2D eigenvalue weighted by molar-refractivity contribution is 14.1. The molecule has 9 heteroatoms. The zero-order chi connectivity index (χ0) is 14.6. The number of pyridine rings is 1. The topological polar surface area (TPSA) is 74.4 Å². The van der Waals surface area contributed by atoms with Gasteiger partial charge in [-0.15, -0.1) is 13.2 Å². The summed E-state index contributed by atoms with van der Waals surface area (Å²) in [5.41, 5.74) is 5.22. The number of nitrogens with zero attached hydrogens (tertiary/aromatic N) is 1. The van der Waals surface area contributed by atoms with Crippen LogP contribution in [0.25, 0.3) is 0 Å². The van der Waals surface area contributed by atoms with Crippen molar-refractivity contribution in [3.63, 3.8) is 0 Å². The molecule has 0 atom stereocenters. The highest BCUT2D eigenvalue weighted by Crippen LogP contribution is 2.30. The molecule has 0 fully saturated rings. The van der Waals surface area contributed by atoms with Gasteiger partial charge in [0.25, 0.3) is 0 Å². The van der Waals surface area contributed by atoms with E-state index in [1.165, 1.54) is 0 Å². The molecular formula is C10H10F3IN2O3. The smallest absolute Gasteiger partial charge is 0.461 e. The van der Waals surface area contributed by atoms with Crippen LogP contribution in [0.3, 0.4) is 0 Å². The molecule has 2 N–H and O–H groups in total. The first-order valence-electron chi connectivity index (χ1n) is 5.10. The summed E-state index contributed by atoms with van der Waals surface area (Å²) >= 11 is 1.62. The van der Waals surface area contributed by atoms with E-state index >= 15 is 0 Å². The van der Waals surface area contributed by atoms with Gasteiger partial charge in [0.15, 0.2) is 5.69 Å². The number of halogens is 4. The van der Waals surface area contributed by atoms with Crippen LogP contribution in [0.5, 0.6) is 5.75 Å². The lowest BCUT2D eigenvalue weighted by molar-refractivity contribution is -0.275. The van der Waals surface area contributed by atoms with Gasteiger partial charge in [-0.05, 0) is 29.5 Å². The molecule has 1 aromatic heterocycles. The van der Waals surface area contributed by atoms with Crippen LogP contribution in [0.2, 0.25) is 0 Å². The fourth-order valence-corrected chi connectivity index (χ4v) is 1.81. The van der Waals surface area contributed by atoms with Gasteiger partial charge in [-0.2, -0.15) is 0 Å². The van der Waals surface area contributed by atoms with Crippen molar-refractivity contribution in [2.75, 3.05) is 6.61 Å². The van der Waals surface area contributed by atoms with Crippen LogP contribution in [-0.2, 0) is 11.3 Å². The van der Waals surface area contributed by atoms with E-state index in [1.54, 1.807) is 29.5 Å². The number of hydrogen-bond acceptors (Lipinski definition) is 5. The predicted molar refractivity (Wildman–Crippen MR) is 67.5 cm³/mol. The molecule has 0 aliphatic carbocycles. The minimum absolute atomic E-state index is 0.0833. The Balaban J connectivity index is 3.22. The lowest BCUT2D eigenvalue weighted by atomic mass is 10.2. The molecule has 0 saturated heterocycles. The first-order chi connectivity index (χ1) is 8.78. The fraction of sp³-hybridized carbons (Fsp3) is 0.400. The van der Waals surface area contributed by atoms with Crippen molar-refractivity contribution in [3.05, 3.63) is 21.0 Å². The minimum atomic E-state index is -4.86. The second-order valence-electron chi connectivity index (χ2n) is 3.24. The number of nitrogens with two attached hydrogens (primary N) is 1. The van der Waals surface area contributed by atoms with Gasteiger partial charge in [0, 0.05) is 12.6 Å². The van der Waals surface area contributed by atoms with E-state index in [4.69, 9.17) is 5.73 Å². The average molecular weight is 390 g/mol. The normalized spacial score (nSPS) is 11.3. The molecule has 0 amide bonds. The molecule has 0 aliphatic rings. The third-order valence-corrected chi connectivity index (χ3v) is 3.05. The van der Waals surface area contributed by atoms with Crippen molar-refractivity contribution in [3.8, 4) is 5.75 Å². The van der Waals surface area contributed by atoms with E-state index in [-0.39, 0.29) is 28.1 Å². The maximum absolute atomic E-state index is 12.2. The molecule has 5 nitrogen and oxygen atoms in total. The van der Waals surface area contributed by atoms with Crippen LogP contribution in [0, 0.1) is 3.57 Å². The SMILES string of the molecule is CCOC(=O)c1cc(OC(F)(F)F)c(I)c(CN)n1. The molecule has 1 aromatic rings. The van der Waals surface area contributed by atoms with E-state index in [9.17, 15) is 18.0 Å². The lowest BCUT2D eigenvalue weighted by Crippen LogP contribution is -2.20. The van der Waals surface area contributed by atoms with Gasteiger partial charge in [-0.3, -0.25) is 0 Å². The van der Waals surface area contributed by atoms with Gasteiger partial charge in [0.2, 0.25) is 0 Å². The van der Waals surface area contributed by atoms with Crippen molar-refractivity contribution in [2.45, 2.75) is 19.8 Å². The van der Waals surface area contributed by atoms with E-state index < -0.39 is 18.1 Å². The molecule has 106 valence electrons. The second kappa shape index (κ2) is 6.37. The minimum Gasteiger partial charge on any atom is -0.461 e. The summed E-state index contributed by atoms with van der Waals surface area (Å²) in [5, 5.41) is 0. The van der Waals surface area contributed by atoms with E-state index in [1.807, 2.05) is 0 Å². The van der Waals surface area contributed by atoms with Crippen LogP contribution in [-0.4, -0.2) is 23.9 Å². The number of carbonyl (C=O) groups excluding carboxylic acids is 1. The molecule has 0 bridgehead atoms. The molecule has 1 heterocycles. The Morgan fingerprint density at radius 1 is 1.53 bits per heavy atom. The van der Waals surface area contributed by atoms with Crippen LogP contribution >= 0.6 is 22.6 Å². The Morgan fingerprint density at radius 2 is 2.16 bits per heavy atom. The molecule has 0 aliphatic heterocycles. The van der Waals surface area contributed by atoms with E-state index in [0.717, 1.165) is 6.07 Å². The third kappa shape index (κ3) is 4.49. The van der Waals surface area contributed by atoms with Gasteiger partial charge in [0.05, 0.1) is 15.9 Å². The summed E-state index contributed by atoms with van der Waals surface area (Å²) in [6.45, 7) is 1.53. The van der Waals surface area contributed by atoms with Gasteiger partial charge < -0.3 is 15.2 Å². The number of ether oxygens (including phenoxy) is 2. The summed E-state index contributed by atoms with van der Waals surface area (Å²) in [6.07, 6.45) is -4.86. The lowest BCUT2D eigenvalue weighted by Gasteiger charge is -2.13. The maximum atomic E-state index is 12.2. The first kappa shape index (κ1) is 16.0. The molecule has 19 heavy (non-hydrogen) atoms. The van der Waals surface area contributed by atoms with E-state index in [0.29, 0.717) is 0 Å². The Labute approximate surface area is 120 Å². The summed E-state index contributed by atoms with van der Waals surface area (Å²) in [4.78, 5) is 15.3. The molecule has 0 radical (unpaired) electrons.